The van der Waals surface area contributed by atoms with Crippen LogP contribution >= 0.6 is 11.3 Å². The van der Waals surface area contributed by atoms with E-state index in [1.807, 2.05) is 17.4 Å². The number of rotatable bonds is 3. The standard InChI is InChI=1S/C15H18N2OS/c1-10-5-6-11(19-10)9-16-13-3-2-4-14-12(13)7-8-15(18)17-14/h5-8,13,16H,2-4,9H2,1H3,(H,17,18). The van der Waals surface area contributed by atoms with Crippen LogP contribution in [0, 0.1) is 6.92 Å². The van der Waals surface area contributed by atoms with E-state index in [9.17, 15) is 4.79 Å². The summed E-state index contributed by atoms with van der Waals surface area (Å²) in [5.41, 5.74) is 2.38. The van der Waals surface area contributed by atoms with Crippen molar-refractivity contribution in [2.75, 3.05) is 0 Å². The van der Waals surface area contributed by atoms with E-state index in [1.54, 1.807) is 6.07 Å². The predicted molar refractivity (Wildman–Crippen MR) is 78.6 cm³/mol. The number of aromatic nitrogens is 1. The van der Waals surface area contributed by atoms with Crippen LogP contribution in [0.1, 0.15) is 39.9 Å². The molecular weight excluding hydrogens is 256 g/mol. The zero-order chi connectivity index (χ0) is 13.2. The second kappa shape index (κ2) is 5.31. The van der Waals surface area contributed by atoms with E-state index < -0.39 is 0 Å². The van der Waals surface area contributed by atoms with Gasteiger partial charge in [0.2, 0.25) is 5.56 Å². The van der Waals surface area contributed by atoms with Crippen molar-refractivity contribution in [1.82, 2.24) is 10.3 Å². The molecule has 19 heavy (non-hydrogen) atoms. The third-order valence-electron chi connectivity index (χ3n) is 3.65. The number of fused-ring (bicyclic) bond motifs is 1. The second-order valence-corrected chi connectivity index (χ2v) is 6.47. The molecule has 3 nitrogen and oxygen atoms in total. The van der Waals surface area contributed by atoms with E-state index in [4.69, 9.17) is 0 Å². The van der Waals surface area contributed by atoms with E-state index in [-0.39, 0.29) is 5.56 Å². The number of aromatic amines is 1. The second-order valence-electron chi connectivity index (χ2n) is 5.09. The molecule has 0 aromatic carbocycles. The Morgan fingerprint density at radius 2 is 2.26 bits per heavy atom. The summed E-state index contributed by atoms with van der Waals surface area (Å²) >= 11 is 1.84. The average Bonchev–Trinajstić information content (AvgIpc) is 2.81. The van der Waals surface area contributed by atoms with Crippen molar-refractivity contribution in [3.63, 3.8) is 0 Å². The largest absolute Gasteiger partial charge is 0.326 e. The number of nitrogens with one attached hydrogen (secondary N) is 2. The highest BCUT2D eigenvalue weighted by atomic mass is 32.1. The Balaban J connectivity index is 1.75. The first kappa shape index (κ1) is 12.6. The Hall–Kier alpha value is -1.39. The van der Waals surface area contributed by atoms with Gasteiger partial charge in [0, 0.05) is 34.1 Å². The van der Waals surface area contributed by atoms with Crippen molar-refractivity contribution in [3.05, 3.63) is 55.6 Å². The third-order valence-corrected chi connectivity index (χ3v) is 4.65. The monoisotopic (exact) mass is 274 g/mol. The minimum Gasteiger partial charge on any atom is -0.326 e. The van der Waals surface area contributed by atoms with Gasteiger partial charge in [-0.3, -0.25) is 4.79 Å². The number of hydrogen-bond donors (Lipinski definition) is 2. The van der Waals surface area contributed by atoms with Gasteiger partial charge in [-0.05, 0) is 43.9 Å². The van der Waals surface area contributed by atoms with Gasteiger partial charge < -0.3 is 10.3 Å². The molecule has 1 atom stereocenters. The van der Waals surface area contributed by atoms with E-state index >= 15 is 0 Å². The van der Waals surface area contributed by atoms with Crippen LogP contribution in [0.25, 0.3) is 0 Å². The molecule has 0 bridgehead atoms. The third kappa shape index (κ3) is 2.80. The van der Waals surface area contributed by atoms with Crippen molar-refractivity contribution in [2.45, 2.75) is 38.8 Å². The maximum absolute atomic E-state index is 11.4. The normalized spacial score (nSPS) is 18.3. The van der Waals surface area contributed by atoms with E-state index in [0.29, 0.717) is 6.04 Å². The zero-order valence-electron chi connectivity index (χ0n) is 11.0. The Bertz CT molecular complexity index is 629. The predicted octanol–water partition coefficient (Wildman–Crippen LogP) is 2.91. The molecule has 0 aliphatic heterocycles. The molecule has 2 heterocycles. The van der Waals surface area contributed by atoms with Crippen LogP contribution in [0.3, 0.4) is 0 Å². The lowest BCUT2D eigenvalue weighted by Crippen LogP contribution is -2.26. The first-order chi connectivity index (χ1) is 9.22. The summed E-state index contributed by atoms with van der Waals surface area (Å²) in [5.74, 6) is 0. The summed E-state index contributed by atoms with van der Waals surface area (Å²) in [5, 5.41) is 3.62. The van der Waals surface area contributed by atoms with Crippen molar-refractivity contribution < 1.29 is 0 Å². The van der Waals surface area contributed by atoms with Gasteiger partial charge >= 0.3 is 0 Å². The molecule has 0 saturated carbocycles. The van der Waals surface area contributed by atoms with Gasteiger partial charge in [-0.1, -0.05) is 6.07 Å². The van der Waals surface area contributed by atoms with Crippen LogP contribution in [0.2, 0.25) is 0 Å². The van der Waals surface area contributed by atoms with Crippen LogP contribution in [0.15, 0.2) is 29.1 Å². The number of pyridine rings is 1. The Kier molecular flexibility index (Phi) is 3.53. The van der Waals surface area contributed by atoms with Crippen LogP contribution in [0.4, 0.5) is 0 Å². The fourth-order valence-corrected chi connectivity index (χ4v) is 3.56. The summed E-state index contributed by atoms with van der Waals surface area (Å²) < 4.78 is 0. The lowest BCUT2D eigenvalue weighted by molar-refractivity contribution is 0.455. The molecule has 0 spiro atoms. The smallest absolute Gasteiger partial charge is 0.248 e. The quantitative estimate of drug-likeness (QED) is 0.904. The lowest BCUT2D eigenvalue weighted by Gasteiger charge is -2.25. The summed E-state index contributed by atoms with van der Waals surface area (Å²) in [6.07, 6.45) is 3.26. The Morgan fingerprint density at radius 1 is 1.37 bits per heavy atom. The van der Waals surface area contributed by atoms with Crippen LogP contribution < -0.4 is 10.9 Å². The highest BCUT2D eigenvalue weighted by molar-refractivity contribution is 7.11. The van der Waals surface area contributed by atoms with Gasteiger partial charge in [0.1, 0.15) is 0 Å². The summed E-state index contributed by atoms with van der Waals surface area (Å²) in [6.45, 7) is 3.04. The minimum absolute atomic E-state index is 0.00767. The number of thiophene rings is 1. The maximum Gasteiger partial charge on any atom is 0.248 e. The Labute approximate surface area is 116 Å². The zero-order valence-corrected chi connectivity index (χ0v) is 11.8. The van der Waals surface area contributed by atoms with Gasteiger partial charge in [0.15, 0.2) is 0 Å². The van der Waals surface area contributed by atoms with E-state index in [2.05, 4.69) is 29.4 Å². The summed E-state index contributed by atoms with van der Waals surface area (Å²) in [4.78, 5) is 17.0. The maximum atomic E-state index is 11.4. The number of H-pyrrole nitrogens is 1. The molecule has 2 aromatic heterocycles. The number of hydrogen-bond acceptors (Lipinski definition) is 3. The molecule has 0 saturated heterocycles. The van der Waals surface area contributed by atoms with Gasteiger partial charge in [0.25, 0.3) is 0 Å². The number of aryl methyl sites for hydroxylation is 2. The average molecular weight is 274 g/mol. The van der Waals surface area contributed by atoms with Crippen molar-refractivity contribution in [3.8, 4) is 0 Å². The molecule has 0 amide bonds. The van der Waals surface area contributed by atoms with E-state index in [1.165, 1.54) is 15.3 Å². The van der Waals surface area contributed by atoms with Crippen molar-refractivity contribution in [1.29, 1.82) is 0 Å². The molecule has 4 heteroatoms. The van der Waals surface area contributed by atoms with Gasteiger partial charge in [-0.15, -0.1) is 11.3 Å². The molecule has 100 valence electrons. The highest BCUT2D eigenvalue weighted by Gasteiger charge is 2.20. The van der Waals surface area contributed by atoms with Crippen LogP contribution in [-0.4, -0.2) is 4.98 Å². The van der Waals surface area contributed by atoms with Gasteiger partial charge in [-0.25, -0.2) is 0 Å². The molecule has 1 unspecified atom stereocenters. The van der Waals surface area contributed by atoms with Crippen molar-refractivity contribution >= 4 is 11.3 Å². The molecular formula is C15H18N2OS. The Morgan fingerprint density at radius 3 is 3.05 bits per heavy atom. The van der Waals surface area contributed by atoms with Crippen LogP contribution in [0.5, 0.6) is 0 Å². The van der Waals surface area contributed by atoms with Gasteiger partial charge in [-0.2, -0.15) is 0 Å². The molecule has 2 aromatic rings. The SMILES string of the molecule is Cc1ccc(CNC2CCCc3[nH]c(=O)ccc32)s1. The fourth-order valence-electron chi connectivity index (χ4n) is 2.72. The first-order valence-electron chi connectivity index (χ1n) is 6.73. The summed E-state index contributed by atoms with van der Waals surface area (Å²) in [7, 11) is 0. The summed E-state index contributed by atoms with van der Waals surface area (Å²) in [6, 6.07) is 8.32. The van der Waals surface area contributed by atoms with Crippen molar-refractivity contribution in [2.24, 2.45) is 0 Å². The first-order valence-corrected chi connectivity index (χ1v) is 7.55. The van der Waals surface area contributed by atoms with Crippen LogP contribution in [-0.2, 0) is 13.0 Å². The molecule has 1 aliphatic carbocycles. The molecule has 1 aliphatic rings. The molecule has 0 fully saturated rings. The molecule has 0 radical (unpaired) electrons. The minimum atomic E-state index is 0.00767. The fraction of sp³-hybridized carbons (Fsp3) is 0.400. The van der Waals surface area contributed by atoms with E-state index in [0.717, 1.165) is 31.5 Å². The lowest BCUT2D eigenvalue weighted by atomic mass is 9.91. The highest BCUT2D eigenvalue weighted by Crippen LogP contribution is 2.28. The van der Waals surface area contributed by atoms with Gasteiger partial charge in [0.05, 0.1) is 0 Å². The molecule has 2 N–H and O–H groups in total. The molecule has 3 rings (SSSR count). The topological polar surface area (TPSA) is 44.9 Å².